The van der Waals surface area contributed by atoms with Crippen molar-refractivity contribution in [2.24, 2.45) is 0 Å². The van der Waals surface area contributed by atoms with Crippen LogP contribution in [-0.4, -0.2) is 60.0 Å². The molecule has 0 radical (unpaired) electrons. The summed E-state index contributed by atoms with van der Waals surface area (Å²) in [6.45, 7) is 9.85. The maximum atomic E-state index is 12.8. The fourth-order valence-corrected chi connectivity index (χ4v) is 4.14. The van der Waals surface area contributed by atoms with E-state index in [1.165, 1.54) is 5.56 Å². The van der Waals surface area contributed by atoms with Gasteiger partial charge >= 0.3 is 0 Å². The van der Waals surface area contributed by atoms with E-state index in [9.17, 15) is 4.79 Å². The SMILES string of the molecule is CCN(Cc1ccccc1)C(=O)CN1CCCN(c2nc(C)cs2)CC1. The fourth-order valence-electron chi connectivity index (χ4n) is 3.28. The van der Waals surface area contributed by atoms with Gasteiger partial charge in [-0.15, -0.1) is 11.3 Å². The Balaban J connectivity index is 1.53. The van der Waals surface area contributed by atoms with Crippen molar-refractivity contribution in [3.63, 3.8) is 0 Å². The number of rotatable bonds is 6. The molecule has 0 spiro atoms. The third-order valence-electron chi connectivity index (χ3n) is 4.78. The lowest BCUT2D eigenvalue weighted by Crippen LogP contribution is -2.41. The standard InChI is InChI=1S/C20H28N4OS/c1-3-23(14-18-8-5-4-6-9-18)19(25)15-22-10-7-11-24(13-12-22)20-21-17(2)16-26-20/h4-6,8-9,16H,3,7,10-15H2,1-2H3. The predicted molar refractivity (Wildman–Crippen MR) is 108 cm³/mol. The van der Waals surface area contributed by atoms with Crippen molar-refractivity contribution in [2.75, 3.05) is 44.2 Å². The molecule has 0 saturated carbocycles. The second-order valence-electron chi connectivity index (χ2n) is 6.78. The predicted octanol–water partition coefficient (Wildman–Crippen LogP) is 3.01. The van der Waals surface area contributed by atoms with Gasteiger partial charge in [-0.1, -0.05) is 30.3 Å². The summed E-state index contributed by atoms with van der Waals surface area (Å²) in [4.78, 5) is 24.0. The zero-order valence-electron chi connectivity index (χ0n) is 15.7. The largest absolute Gasteiger partial charge is 0.347 e. The van der Waals surface area contributed by atoms with Crippen LogP contribution in [0.1, 0.15) is 24.6 Å². The van der Waals surface area contributed by atoms with E-state index in [-0.39, 0.29) is 5.91 Å². The molecule has 1 aliphatic heterocycles. The Kier molecular flexibility index (Phi) is 6.63. The van der Waals surface area contributed by atoms with Gasteiger partial charge in [0.25, 0.3) is 0 Å². The van der Waals surface area contributed by atoms with Gasteiger partial charge in [-0.2, -0.15) is 0 Å². The van der Waals surface area contributed by atoms with E-state index in [2.05, 4.69) is 39.2 Å². The Morgan fingerprint density at radius 2 is 2.00 bits per heavy atom. The number of carbonyl (C=O) groups excluding carboxylic acids is 1. The van der Waals surface area contributed by atoms with E-state index in [4.69, 9.17) is 0 Å². The maximum Gasteiger partial charge on any atom is 0.237 e. The minimum absolute atomic E-state index is 0.217. The Hall–Kier alpha value is -1.92. The summed E-state index contributed by atoms with van der Waals surface area (Å²) < 4.78 is 0. The molecular formula is C20H28N4OS. The molecule has 2 aromatic rings. The number of amides is 1. The lowest BCUT2D eigenvalue weighted by molar-refractivity contribution is -0.132. The highest BCUT2D eigenvalue weighted by Crippen LogP contribution is 2.21. The van der Waals surface area contributed by atoms with Gasteiger partial charge in [0.2, 0.25) is 5.91 Å². The molecule has 0 atom stereocenters. The Bertz CT molecular complexity index is 703. The van der Waals surface area contributed by atoms with E-state index >= 15 is 0 Å². The van der Waals surface area contributed by atoms with E-state index in [0.717, 1.165) is 50.0 Å². The maximum absolute atomic E-state index is 12.8. The Morgan fingerprint density at radius 3 is 2.69 bits per heavy atom. The summed E-state index contributed by atoms with van der Waals surface area (Å²) in [7, 11) is 0. The van der Waals surface area contributed by atoms with Crippen molar-refractivity contribution < 1.29 is 4.79 Å². The molecular weight excluding hydrogens is 344 g/mol. The Morgan fingerprint density at radius 1 is 1.19 bits per heavy atom. The molecule has 0 N–H and O–H groups in total. The molecule has 0 bridgehead atoms. The summed E-state index contributed by atoms with van der Waals surface area (Å²) in [5.74, 6) is 0.217. The van der Waals surface area contributed by atoms with Gasteiger partial charge in [-0.25, -0.2) is 4.98 Å². The van der Waals surface area contributed by atoms with E-state index in [0.29, 0.717) is 13.1 Å². The number of aryl methyl sites for hydroxylation is 1. The molecule has 1 aliphatic rings. The highest BCUT2D eigenvalue weighted by Gasteiger charge is 2.21. The topological polar surface area (TPSA) is 39.7 Å². The van der Waals surface area contributed by atoms with Crippen LogP contribution in [-0.2, 0) is 11.3 Å². The first-order valence-corrected chi connectivity index (χ1v) is 10.2. The van der Waals surface area contributed by atoms with Gasteiger partial charge in [0.15, 0.2) is 5.13 Å². The van der Waals surface area contributed by atoms with E-state index in [1.54, 1.807) is 11.3 Å². The van der Waals surface area contributed by atoms with Crippen LogP contribution in [0.5, 0.6) is 0 Å². The number of benzene rings is 1. The second-order valence-corrected chi connectivity index (χ2v) is 7.62. The molecule has 3 rings (SSSR count). The van der Waals surface area contributed by atoms with Crippen LogP contribution in [0.2, 0.25) is 0 Å². The van der Waals surface area contributed by atoms with Crippen LogP contribution >= 0.6 is 11.3 Å². The summed E-state index contributed by atoms with van der Waals surface area (Å²) in [5.41, 5.74) is 2.27. The molecule has 2 heterocycles. The van der Waals surface area contributed by atoms with Crippen molar-refractivity contribution in [3.8, 4) is 0 Å². The van der Waals surface area contributed by atoms with Gasteiger partial charge in [-0.05, 0) is 25.8 Å². The van der Waals surface area contributed by atoms with Crippen LogP contribution in [0, 0.1) is 6.92 Å². The minimum Gasteiger partial charge on any atom is -0.347 e. The fraction of sp³-hybridized carbons (Fsp3) is 0.500. The summed E-state index contributed by atoms with van der Waals surface area (Å²) >= 11 is 1.71. The molecule has 1 aromatic heterocycles. The third-order valence-corrected chi connectivity index (χ3v) is 5.79. The molecule has 1 fully saturated rings. The molecule has 1 aromatic carbocycles. The van der Waals surface area contributed by atoms with Gasteiger partial charge in [0, 0.05) is 44.6 Å². The van der Waals surface area contributed by atoms with Crippen LogP contribution < -0.4 is 4.90 Å². The average molecular weight is 373 g/mol. The minimum atomic E-state index is 0.217. The van der Waals surface area contributed by atoms with Crippen LogP contribution in [0.4, 0.5) is 5.13 Å². The average Bonchev–Trinajstić information content (AvgIpc) is 2.95. The normalized spacial score (nSPS) is 15.7. The van der Waals surface area contributed by atoms with Crippen molar-refractivity contribution >= 4 is 22.4 Å². The highest BCUT2D eigenvalue weighted by atomic mass is 32.1. The number of nitrogens with zero attached hydrogens (tertiary/aromatic N) is 4. The van der Waals surface area contributed by atoms with Gasteiger partial charge in [0.05, 0.1) is 12.2 Å². The molecule has 0 aliphatic carbocycles. The smallest absolute Gasteiger partial charge is 0.237 e. The molecule has 0 unspecified atom stereocenters. The van der Waals surface area contributed by atoms with Crippen molar-refractivity contribution in [3.05, 3.63) is 47.0 Å². The van der Waals surface area contributed by atoms with E-state index < -0.39 is 0 Å². The van der Waals surface area contributed by atoms with Crippen LogP contribution in [0.25, 0.3) is 0 Å². The molecule has 1 saturated heterocycles. The summed E-state index contributed by atoms with van der Waals surface area (Å²) in [6.07, 6.45) is 1.07. The first-order chi connectivity index (χ1) is 12.7. The highest BCUT2D eigenvalue weighted by molar-refractivity contribution is 7.13. The number of likely N-dealkylation sites (N-methyl/N-ethyl adjacent to an activating group) is 1. The van der Waals surface area contributed by atoms with Crippen molar-refractivity contribution in [1.82, 2.24) is 14.8 Å². The van der Waals surface area contributed by atoms with Crippen molar-refractivity contribution in [2.45, 2.75) is 26.8 Å². The first kappa shape index (κ1) is 18.9. The summed E-state index contributed by atoms with van der Waals surface area (Å²) in [6, 6.07) is 10.2. The number of carbonyl (C=O) groups is 1. The molecule has 140 valence electrons. The molecule has 6 heteroatoms. The number of hydrogen-bond donors (Lipinski definition) is 0. The summed E-state index contributed by atoms with van der Waals surface area (Å²) in [5, 5.41) is 3.21. The number of anilines is 1. The van der Waals surface area contributed by atoms with Crippen LogP contribution in [0.3, 0.4) is 0 Å². The zero-order chi connectivity index (χ0) is 18.4. The lowest BCUT2D eigenvalue weighted by Gasteiger charge is -2.26. The quantitative estimate of drug-likeness (QED) is 0.781. The monoisotopic (exact) mass is 372 g/mol. The molecule has 1 amide bonds. The lowest BCUT2D eigenvalue weighted by atomic mass is 10.2. The number of hydrogen-bond acceptors (Lipinski definition) is 5. The van der Waals surface area contributed by atoms with Crippen LogP contribution in [0.15, 0.2) is 35.7 Å². The zero-order valence-corrected chi connectivity index (χ0v) is 16.5. The van der Waals surface area contributed by atoms with Gasteiger partial charge < -0.3 is 9.80 Å². The number of aromatic nitrogens is 1. The second kappa shape index (κ2) is 9.14. The molecule has 5 nitrogen and oxygen atoms in total. The Labute approximate surface area is 160 Å². The van der Waals surface area contributed by atoms with Gasteiger partial charge in [-0.3, -0.25) is 9.69 Å². The van der Waals surface area contributed by atoms with E-state index in [1.807, 2.05) is 30.0 Å². The molecule has 26 heavy (non-hydrogen) atoms. The first-order valence-electron chi connectivity index (χ1n) is 9.37. The number of thiazole rings is 1. The third kappa shape index (κ3) is 5.05. The van der Waals surface area contributed by atoms with Gasteiger partial charge in [0.1, 0.15) is 0 Å². The van der Waals surface area contributed by atoms with Crippen molar-refractivity contribution in [1.29, 1.82) is 0 Å².